The van der Waals surface area contributed by atoms with Gasteiger partial charge in [-0.1, -0.05) is 41.5 Å². The molecular weight excluding hydrogens is 244 g/mol. The first-order valence-electron chi connectivity index (χ1n) is 7.00. The van der Waals surface area contributed by atoms with Gasteiger partial charge in [-0.2, -0.15) is 11.2 Å². The molecule has 0 rings (SSSR count). The quantitative estimate of drug-likeness (QED) is 0.438. The fraction of sp³-hybridized carbons (Fsp3) is 1.00. The predicted molar refractivity (Wildman–Crippen MR) is 84.6 cm³/mol. The van der Waals surface area contributed by atoms with E-state index in [2.05, 4.69) is 66.6 Å². The average molecular weight is 277 g/mol. The smallest absolute Gasteiger partial charge is 0.125 e. The van der Waals surface area contributed by atoms with E-state index >= 15 is 0 Å². The molecule has 17 heavy (non-hydrogen) atoms. The number of rotatable bonds is 8. The molecule has 0 fully saturated rings. The van der Waals surface area contributed by atoms with Crippen LogP contribution in [0.1, 0.15) is 55.4 Å². The van der Waals surface area contributed by atoms with E-state index < -0.39 is 7.22 Å². The molecule has 104 valence electrons. The summed E-state index contributed by atoms with van der Waals surface area (Å²) in [6, 6.07) is 0. The van der Waals surface area contributed by atoms with Gasteiger partial charge in [-0.05, 0) is 30.5 Å². The van der Waals surface area contributed by atoms with Crippen molar-refractivity contribution in [2.24, 2.45) is 0 Å². The van der Waals surface area contributed by atoms with Gasteiger partial charge in [-0.3, -0.25) is 0 Å². The minimum Gasteiger partial charge on any atom is -0.378 e. The van der Waals surface area contributed by atoms with Gasteiger partial charge in [0, 0.05) is 5.75 Å². The van der Waals surface area contributed by atoms with Crippen molar-refractivity contribution in [3.05, 3.63) is 0 Å². The largest absolute Gasteiger partial charge is 0.378 e. The van der Waals surface area contributed by atoms with Crippen molar-refractivity contribution >= 4 is 18.4 Å². The second-order valence-corrected chi connectivity index (χ2v) is 14.9. The molecule has 0 spiro atoms. The van der Waals surface area contributed by atoms with E-state index in [0.717, 1.165) is 23.2 Å². The lowest BCUT2D eigenvalue weighted by Crippen LogP contribution is -2.41. The van der Waals surface area contributed by atoms with E-state index in [1.54, 1.807) is 0 Å². The van der Waals surface area contributed by atoms with Crippen LogP contribution >= 0.6 is 11.2 Å². The molecule has 0 saturated heterocycles. The van der Waals surface area contributed by atoms with Crippen molar-refractivity contribution in [1.82, 2.24) is 0 Å². The molecule has 0 heterocycles. The Morgan fingerprint density at radius 2 is 1.24 bits per heavy atom. The Kier molecular flexibility index (Phi) is 8.09. The summed E-state index contributed by atoms with van der Waals surface area (Å²) in [4.78, 5) is 0. The third kappa shape index (κ3) is 4.96. The maximum atomic E-state index is 5.68. The fourth-order valence-electron chi connectivity index (χ4n) is 3.00. The Bertz CT molecular complexity index is 181. The summed E-state index contributed by atoms with van der Waals surface area (Å²) in [6.45, 7) is 19.6. The zero-order chi connectivity index (χ0) is 13.6. The molecule has 0 N–H and O–H groups in total. The van der Waals surface area contributed by atoms with Gasteiger partial charge in [-0.15, -0.1) is 0 Å². The third-order valence-electron chi connectivity index (χ3n) is 3.59. The zero-order valence-corrected chi connectivity index (χ0v) is 14.9. The molecular formula is C14H32OSSi. The minimum absolute atomic E-state index is 0.365. The molecule has 0 atom stereocenters. The molecule has 0 aliphatic heterocycles. The van der Waals surface area contributed by atoms with E-state index in [1.807, 2.05) is 0 Å². The van der Waals surface area contributed by atoms with Crippen LogP contribution in [0.4, 0.5) is 0 Å². The van der Waals surface area contributed by atoms with Crippen molar-refractivity contribution in [3.63, 3.8) is 0 Å². The minimum atomic E-state index is -1.26. The molecule has 0 aromatic carbocycles. The highest BCUT2D eigenvalue weighted by atomic mass is 32.4. The summed E-state index contributed by atoms with van der Waals surface area (Å²) in [5, 5.41) is 0. The van der Waals surface area contributed by atoms with Gasteiger partial charge in [-0.25, -0.2) is 0 Å². The lowest BCUT2D eigenvalue weighted by atomic mass is 10.5. The van der Waals surface area contributed by atoms with Crippen molar-refractivity contribution in [3.8, 4) is 0 Å². The highest BCUT2D eigenvalue weighted by molar-refractivity contribution is 8.29. The Labute approximate surface area is 114 Å². The first-order chi connectivity index (χ1) is 7.75. The highest BCUT2D eigenvalue weighted by Gasteiger charge is 2.43. The van der Waals surface area contributed by atoms with Crippen LogP contribution in [0, 0.1) is 0 Å². The van der Waals surface area contributed by atoms with Crippen molar-refractivity contribution in [2.75, 3.05) is 12.4 Å². The second kappa shape index (κ2) is 7.85. The predicted octanol–water partition coefficient (Wildman–Crippen LogP) is 5.32. The molecule has 0 saturated carbocycles. The second-order valence-electron chi connectivity index (χ2n) is 6.09. The van der Waals surface area contributed by atoms with Crippen LogP contribution in [0.5, 0.6) is 0 Å². The number of hydrogen-bond donors (Lipinski definition) is 0. The van der Waals surface area contributed by atoms with Crippen molar-refractivity contribution in [1.29, 1.82) is 0 Å². The van der Waals surface area contributed by atoms with Crippen LogP contribution in [0.3, 0.4) is 0 Å². The van der Waals surface area contributed by atoms with Crippen LogP contribution in [0.15, 0.2) is 0 Å². The molecule has 0 aromatic rings. The van der Waals surface area contributed by atoms with E-state index in [9.17, 15) is 0 Å². The molecule has 0 aromatic heterocycles. The topological polar surface area (TPSA) is 9.23 Å². The molecule has 0 radical (unpaired) electrons. The number of ether oxygens (including phenoxy) is 1. The molecule has 0 aliphatic rings. The van der Waals surface area contributed by atoms with Gasteiger partial charge in [0.15, 0.2) is 0 Å². The van der Waals surface area contributed by atoms with Gasteiger partial charge >= 0.3 is 0 Å². The highest BCUT2D eigenvalue weighted by Crippen LogP contribution is 2.49. The SMILES string of the molecule is CC(C)OCCS[Si](C(C)C)(C(C)C)C(C)C. The fourth-order valence-corrected chi connectivity index (χ4v) is 12.8. The summed E-state index contributed by atoms with van der Waals surface area (Å²) >= 11 is 2.25. The van der Waals surface area contributed by atoms with E-state index in [4.69, 9.17) is 4.74 Å². The van der Waals surface area contributed by atoms with Gasteiger partial charge in [0.2, 0.25) is 0 Å². The average Bonchev–Trinajstić information content (AvgIpc) is 2.15. The standard InChI is InChI=1S/C14H32OSSi/c1-11(2)15-9-10-16-17(12(3)4,13(5)6)14(7)8/h11-14H,9-10H2,1-8H3. The van der Waals surface area contributed by atoms with Gasteiger partial charge in [0.25, 0.3) is 0 Å². The van der Waals surface area contributed by atoms with Crippen LogP contribution in [0.25, 0.3) is 0 Å². The summed E-state index contributed by atoms with van der Waals surface area (Å²) in [5.74, 6) is 1.17. The van der Waals surface area contributed by atoms with Crippen LogP contribution < -0.4 is 0 Å². The number of hydrogen-bond acceptors (Lipinski definition) is 2. The maximum Gasteiger partial charge on any atom is 0.125 e. The molecule has 0 amide bonds. The molecule has 0 aliphatic carbocycles. The van der Waals surface area contributed by atoms with Crippen LogP contribution in [0.2, 0.25) is 16.6 Å². The van der Waals surface area contributed by atoms with Gasteiger partial charge in [0.05, 0.1) is 12.7 Å². The summed E-state index contributed by atoms with van der Waals surface area (Å²) < 4.78 is 5.68. The van der Waals surface area contributed by atoms with Crippen molar-refractivity contribution in [2.45, 2.75) is 78.1 Å². The summed E-state index contributed by atoms with van der Waals surface area (Å²) in [5.41, 5.74) is 2.52. The van der Waals surface area contributed by atoms with E-state index in [0.29, 0.717) is 6.10 Å². The zero-order valence-electron chi connectivity index (χ0n) is 13.0. The van der Waals surface area contributed by atoms with Gasteiger partial charge in [0.1, 0.15) is 7.22 Å². The van der Waals surface area contributed by atoms with Crippen molar-refractivity contribution < 1.29 is 4.74 Å². The van der Waals surface area contributed by atoms with E-state index in [-0.39, 0.29) is 0 Å². The Hall–Kier alpha value is 0.527. The third-order valence-corrected chi connectivity index (χ3v) is 16.2. The van der Waals surface area contributed by atoms with Crippen LogP contribution in [-0.4, -0.2) is 25.7 Å². The van der Waals surface area contributed by atoms with E-state index in [1.165, 1.54) is 5.75 Å². The first-order valence-corrected chi connectivity index (χ1v) is 10.9. The van der Waals surface area contributed by atoms with Gasteiger partial charge < -0.3 is 4.74 Å². The molecule has 0 bridgehead atoms. The Morgan fingerprint density at radius 1 is 0.824 bits per heavy atom. The normalized spacial score (nSPS) is 13.4. The molecule has 1 nitrogen and oxygen atoms in total. The Morgan fingerprint density at radius 3 is 1.53 bits per heavy atom. The molecule has 3 heteroatoms. The Balaban J connectivity index is 4.49. The lowest BCUT2D eigenvalue weighted by molar-refractivity contribution is 0.0921. The lowest BCUT2D eigenvalue weighted by Gasteiger charge is -2.42. The first kappa shape index (κ1) is 17.5. The summed E-state index contributed by atoms with van der Waals surface area (Å²) in [6.07, 6.45) is 0.365. The molecule has 0 unspecified atom stereocenters. The maximum absolute atomic E-state index is 5.68. The summed E-state index contributed by atoms with van der Waals surface area (Å²) in [7, 11) is -1.26. The monoisotopic (exact) mass is 276 g/mol. The van der Waals surface area contributed by atoms with Crippen LogP contribution in [-0.2, 0) is 4.74 Å².